The lowest BCUT2D eigenvalue weighted by atomic mass is 10.1. The van der Waals surface area contributed by atoms with E-state index in [0.717, 1.165) is 0 Å². The van der Waals surface area contributed by atoms with Gasteiger partial charge in [-0.2, -0.15) is 5.10 Å². The highest BCUT2D eigenvalue weighted by Crippen LogP contribution is 2.20. The Morgan fingerprint density at radius 3 is 2.41 bits per heavy atom. The molecule has 140 valence electrons. The molecule has 0 aliphatic heterocycles. The number of carbonyl (C=O) groups is 1. The van der Waals surface area contributed by atoms with Crippen LogP contribution >= 0.6 is 0 Å². The van der Waals surface area contributed by atoms with E-state index in [9.17, 15) is 14.7 Å². The van der Waals surface area contributed by atoms with E-state index in [0.29, 0.717) is 22.9 Å². The fourth-order valence-electron chi connectivity index (χ4n) is 3.02. The van der Waals surface area contributed by atoms with Crippen molar-refractivity contribution >= 4 is 16.7 Å². The van der Waals surface area contributed by atoms with Gasteiger partial charge in [-0.25, -0.2) is 4.68 Å². The number of benzene rings is 2. The van der Waals surface area contributed by atoms with Gasteiger partial charge in [-0.3, -0.25) is 9.59 Å². The minimum Gasteiger partial charge on any atom is -0.508 e. The maximum atomic E-state index is 13.1. The molecule has 0 saturated heterocycles. The predicted octanol–water partition coefficient (Wildman–Crippen LogP) is 3.03. The summed E-state index contributed by atoms with van der Waals surface area (Å²) in [6.45, 7) is 4.67. The highest BCUT2D eigenvalue weighted by Gasteiger charge is 2.21. The summed E-state index contributed by atoms with van der Waals surface area (Å²) < 4.78 is 1.37. The molecule has 3 aromatic rings. The van der Waals surface area contributed by atoms with Crippen LogP contribution in [0.25, 0.3) is 10.8 Å². The summed E-state index contributed by atoms with van der Waals surface area (Å²) in [5.74, 6) is 0.0602. The third kappa shape index (κ3) is 3.84. The van der Waals surface area contributed by atoms with Crippen LogP contribution in [-0.4, -0.2) is 32.7 Å². The van der Waals surface area contributed by atoms with Gasteiger partial charge in [0.05, 0.1) is 5.39 Å². The molecule has 3 rings (SSSR count). The molecule has 0 spiro atoms. The number of hydrogen-bond donors (Lipinski definition) is 1. The zero-order valence-corrected chi connectivity index (χ0v) is 15.7. The van der Waals surface area contributed by atoms with Crippen LogP contribution in [0.3, 0.4) is 0 Å². The third-order valence-electron chi connectivity index (χ3n) is 4.35. The average Bonchev–Trinajstić information content (AvgIpc) is 2.65. The molecule has 0 aliphatic rings. The average molecular weight is 365 g/mol. The van der Waals surface area contributed by atoms with Crippen molar-refractivity contribution in [3.63, 3.8) is 0 Å². The van der Waals surface area contributed by atoms with E-state index in [2.05, 4.69) is 5.10 Å². The van der Waals surface area contributed by atoms with Crippen LogP contribution in [0, 0.1) is 5.92 Å². The zero-order chi connectivity index (χ0) is 19.6. The molecule has 0 fully saturated rings. The summed E-state index contributed by atoms with van der Waals surface area (Å²) in [6, 6.07) is 13.9. The number of carbonyl (C=O) groups excluding carboxylic acids is 1. The van der Waals surface area contributed by atoms with E-state index in [1.165, 1.54) is 9.58 Å². The van der Waals surface area contributed by atoms with Crippen molar-refractivity contribution in [2.24, 2.45) is 5.92 Å². The summed E-state index contributed by atoms with van der Waals surface area (Å²) in [6.07, 6.45) is 0. The van der Waals surface area contributed by atoms with Gasteiger partial charge in [0, 0.05) is 31.1 Å². The standard InChI is InChI=1S/C21H23N3O3/c1-14(2)12-24-20(26)17-10-6-5-9-16(17)19(22-24)21(27)23(3)13-15-8-4-7-11-18(15)25/h4-11,14,25H,12-13H2,1-3H3. The van der Waals surface area contributed by atoms with Crippen molar-refractivity contribution in [1.29, 1.82) is 0 Å². The van der Waals surface area contributed by atoms with Gasteiger partial charge in [-0.05, 0) is 18.1 Å². The molecule has 0 atom stereocenters. The first-order valence-electron chi connectivity index (χ1n) is 8.90. The van der Waals surface area contributed by atoms with Crippen LogP contribution in [0.4, 0.5) is 0 Å². The summed E-state index contributed by atoms with van der Waals surface area (Å²) in [4.78, 5) is 27.3. The van der Waals surface area contributed by atoms with Crippen molar-refractivity contribution in [3.8, 4) is 5.75 Å². The smallest absolute Gasteiger partial charge is 0.274 e. The fraction of sp³-hybridized carbons (Fsp3) is 0.286. The Kier molecular flexibility index (Phi) is 5.26. The number of para-hydroxylation sites is 1. The Labute approximate surface area is 157 Å². The van der Waals surface area contributed by atoms with E-state index < -0.39 is 0 Å². The molecule has 0 unspecified atom stereocenters. The lowest BCUT2D eigenvalue weighted by molar-refractivity contribution is 0.0777. The molecule has 2 aromatic carbocycles. The zero-order valence-electron chi connectivity index (χ0n) is 15.7. The van der Waals surface area contributed by atoms with E-state index >= 15 is 0 Å². The van der Waals surface area contributed by atoms with Crippen molar-refractivity contribution in [3.05, 3.63) is 70.1 Å². The Morgan fingerprint density at radius 1 is 1.11 bits per heavy atom. The van der Waals surface area contributed by atoms with Gasteiger partial charge in [-0.1, -0.05) is 50.2 Å². The maximum Gasteiger partial charge on any atom is 0.274 e. The van der Waals surface area contributed by atoms with Crippen molar-refractivity contribution < 1.29 is 9.90 Å². The van der Waals surface area contributed by atoms with E-state index in [4.69, 9.17) is 0 Å². The molecule has 6 heteroatoms. The lowest BCUT2D eigenvalue weighted by Gasteiger charge is -2.19. The SMILES string of the molecule is CC(C)Cn1nc(C(=O)N(C)Cc2ccccc2O)c2ccccc2c1=O. The minimum atomic E-state index is -0.299. The molecule has 0 saturated carbocycles. The number of aromatic nitrogens is 2. The minimum absolute atomic E-state index is 0.139. The maximum absolute atomic E-state index is 13.1. The van der Waals surface area contributed by atoms with Gasteiger partial charge in [0.15, 0.2) is 5.69 Å². The monoisotopic (exact) mass is 365 g/mol. The van der Waals surface area contributed by atoms with Crippen molar-refractivity contribution in [2.75, 3.05) is 7.05 Å². The molecule has 1 heterocycles. The number of hydrogen-bond acceptors (Lipinski definition) is 4. The van der Waals surface area contributed by atoms with E-state index in [-0.39, 0.29) is 35.4 Å². The number of amides is 1. The molecule has 1 aromatic heterocycles. The number of fused-ring (bicyclic) bond motifs is 1. The summed E-state index contributed by atoms with van der Waals surface area (Å²) in [5.41, 5.74) is 0.691. The fourth-order valence-corrected chi connectivity index (χ4v) is 3.02. The summed E-state index contributed by atoms with van der Waals surface area (Å²) in [7, 11) is 1.66. The molecule has 1 N–H and O–H groups in total. The van der Waals surface area contributed by atoms with Crippen LogP contribution in [-0.2, 0) is 13.1 Å². The van der Waals surface area contributed by atoms with Gasteiger partial charge in [0.25, 0.3) is 11.5 Å². The largest absolute Gasteiger partial charge is 0.508 e. The van der Waals surface area contributed by atoms with Gasteiger partial charge >= 0.3 is 0 Å². The first-order chi connectivity index (χ1) is 12.9. The first-order valence-corrected chi connectivity index (χ1v) is 8.90. The van der Waals surface area contributed by atoms with Gasteiger partial charge in [0.1, 0.15) is 5.75 Å². The molecule has 6 nitrogen and oxygen atoms in total. The Balaban J connectivity index is 2.04. The Morgan fingerprint density at radius 2 is 1.74 bits per heavy atom. The number of aromatic hydroxyl groups is 1. The van der Waals surface area contributed by atoms with Gasteiger partial charge < -0.3 is 10.0 Å². The number of rotatable bonds is 5. The van der Waals surface area contributed by atoms with Crippen LogP contribution in [0.15, 0.2) is 53.3 Å². The topological polar surface area (TPSA) is 75.4 Å². The number of phenolic OH excluding ortho intramolecular Hbond substituents is 1. The highest BCUT2D eigenvalue weighted by molar-refractivity contribution is 6.04. The number of phenols is 1. The lowest BCUT2D eigenvalue weighted by Crippen LogP contribution is -2.32. The summed E-state index contributed by atoms with van der Waals surface area (Å²) >= 11 is 0. The number of nitrogens with zero attached hydrogens (tertiary/aromatic N) is 3. The van der Waals surface area contributed by atoms with Gasteiger partial charge in [-0.15, -0.1) is 0 Å². The van der Waals surface area contributed by atoms with E-state index in [1.54, 1.807) is 49.5 Å². The van der Waals surface area contributed by atoms with Crippen LogP contribution < -0.4 is 5.56 Å². The molecule has 0 aliphatic carbocycles. The molecular weight excluding hydrogens is 342 g/mol. The first kappa shape index (κ1) is 18.6. The Bertz CT molecular complexity index is 1040. The van der Waals surface area contributed by atoms with Crippen LogP contribution in [0.2, 0.25) is 0 Å². The van der Waals surface area contributed by atoms with E-state index in [1.807, 2.05) is 19.9 Å². The molecule has 27 heavy (non-hydrogen) atoms. The molecular formula is C21H23N3O3. The van der Waals surface area contributed by atoms with Crippen molar-refractivity contribution in [2.45, 2.75) is 26.9 Å². The third-order valence-corrected chi connectivity index (χ3v) is 4.35. The Hall–Kier alpha value is -3.15. The molecule has 0 radical (unpaired) electrons. The molecule has 0 bridgehead atoms. The highest BCUT2D eigenvalue weighted by atomic mass is 16.3. The molecule has 1 amide bonds. The normalized spacial score (nSPS) is 11.1. The van der Waals surface area contributed by atoms with Crippen LogP contribution in [0.5, 0.6) is 5.75 Å². The second-order valence-corrected chi connectivity index (χ2v) is 7.07. The van der Waals surface area contributed by atoms with Crippen molar-refractivity contribution in [1.82, 2.24) is 14.7 Å². The predicted molar refractivity (Wildman–Crippen MR) is 105 cm³/mol. The van der Waals surface area contributed by atoms with Gasteiger partial charge in [0.2, 0.25) is 0 Å². The summed E-state index contributed by atoms with van der Waals surface area (Å²) in [5, 5.41) is 15.4. The second-order valence-electron chi connectivity index (χ2n) is 7.07. The second kappa shape index (κ2) is 7.61. The quantitative estimate of drug-likeness (QED) is 0.754. The van der Waals surface area contributed by atoms with Crippen LogP contribution in [0.1, 0.15) is 29.9 Å².